The zero-order valence-corrected chi connectivity index (χ0v) is 17.0. The van der Waals surface area contributed by atoms with Gasteiger partial charge in [0.05, 0.1) is 12.3 Å². The topological polar surface area (TPSA) is 78.4 Å². The number of ether oxygens (including phenoxy) is 2. The van der Waals surface area contributed by atoms with Crippen molar-refractivity contribution < 1.29 is 19.4 Å². The van der Waals surface area contributed by atoms with E-state index in [0.717, 1.165) is 49.7 Å². The summed E-state index contributed by atoms with van der Waals surface area (Å²) in [5.74, 6) is 1.64. The molecule has 2 aromatic rings. The van der Waals surface area contributed by atoms with Crippen LogP contribution in [-0.2, 0) is 4.74 Å². The van der Waals surface area contributed by atoms with Crippen LogP contribution in [0.15, 0.2) is 36.5 Å². The summed E-state index contributed by atoms with van der Waals surface area (Å²) in [6.45, 7) is 7.51. The molecule has 1 aromatic heterocycles. The summed E-state index contributed by atoms with van der Waals surface area (Å²) in [7, 11) is 0. The van der Waals surface area contributed by atoms with Crippen molar-refractivity contribution in [1.82, 2.24) is 9.88 Å². The van der Waals surface area contributed by atoms with Gasteiger partial charge in [0.25, 0.3) is 0 Å². The highest BCUT2D eigenvalue weighted by atomic mass is 16.6. The maximum Gasteiger partial charge on any atom is 0.415 e. The largest absolute Gasteiger partial charge is 0.489 e. The van der Waals surface area contributed by atoms with Crippen molar-refractivity contribution in [1.29, 1.82) is 0 Å². The third kappa shape index (κ3) is 3.26. The minimum absolute atomic E-state index is 0.213. The van der Waals surface area contributed by atoms with Crippen molar-refractivity contribution in [2.24, 2.45) is 0 Å². The van der Waals surface area contributed by atoms with Crippen LogP contribution < -0.4 is 14.5 Å². The molecule has 0 spiro atoms. The van der Waals surface area contributed by atoms with Gasteiger partial charge in [0, 0.05) is 37.9 Å². The number of amides is 1. The van der Waals surface area contributed by atoms with Gasteiger partial charge >= 0.3 is 6.09 Å². The number of aliphatic hydroxyl groups excluding tert-OH is 1. The molecule has 1 aromatic carbocycles. The molecular weight excluding hydrogens is 384 g/mol. The lowest BCUT2D eigenvalue weighted by molar-refractivity contribution is 0.0734. The molecule has 4 heterocycles. The summed E-state index contributed by atoms with van der Waals surface area (Å²) in [5.41, 5.74) is 2.65. The van der Waals surface area contributed by atoms with Gasteiger partial charge in [-0.25, -0.2) is 9.78 Å². The molecule has 0 bridgehead atoms. The lowest BCUT2D eigenvalue weighted by Gasteiger charge is -2.34. The van der Waals surface area contributed by atoms with Crippen LogP contribution >= 0.6 is 0 Å². The second-order valence-electron chi connectivity index (χ2n) is 7.86. The van der Waals surface area contributed by atoms with E-state index in [2.05, 4.69) is 33.8 Å². The predicted molar refractivity (Wildman–Crippen MR) is 113 cm³/mol. The standard InChI is InChI=1S/C22H26N4O4/c1-2-24-7-9-25(10-8-24)21-6-4-16(12-23-21)15-3-5-17-19(11-15)29-14-18-20(13-27)30-22(28)26(17)18/h3-6,11-12,18,20,27H,2,7-10,13-14H2,1H3/t18-,20-/m0/s1. The highest BCUT2D eigenvalue weighted by Crippen LogP contribution is 2.41. The van der Waals surface area contributed by atoms with Crippen LogP contribution in [0.5, 0.6) is 5.75 Å². The summed E-state index contributed by atoms with van der Waals surface area (Å²) >= 11 is 0. The molecule has 158 valence electrons. The van der Waals surface area contributed by atoms with Crippen LogP contribution in [0.25, 0.3) is 11.1 Å². The maximum absolute atomic E-state index is 12.2. The lowest BCUT2D eigenvalue weighted by Crippen LogP contribution is -2.46. The minimum atomic E-state index is -0.554. The summed E-state index contributed by atoms with van der Waals surface area (Å²) in [6, 6.07) is 9.61. The lowest BCUT2D eigenvalue weighted by atomic mass is 10.0. The Balaban J connectivity index is 1.34. The molecule has 0 saturated carbocycles. The molecule has 2 saturated heterocycles. The molecule has 3 aliphatic heterocycles. The van der Waals surface area contributed by atoms with Gasteiger partial charge in [-0.15, -0.1) is 0 Å². The fourth-order valence-electron chi connectivity index (χ4n) is 4.40. The molecule has 30 heavy (non-hydrogen) atoms. The van der Waals surface area contributed by atoms with Gasteiger partial charge in [-0.05, 0) is 36.4 Å². The number of fused-ring (bicyclic) bond motifs is 3. The quantitative estimate of drug-likeness (QED) is 0.826. The zero-order valence-electron chi connectivity index (χ0n) is 17.0. The fourth-order valence-corrected chi connectivity index (χ4v) is 4.40. The first kappa shape index (κ1) is 19.1. The van der Waals surface area contributed by atoms with Crippen LogP contribution in [0, 0.1) is 0 Å². The van der Waals surface area contributed by atoms with Gasteiger partial charge in [0.15, 0.2) is 6.10 Å². The first-order valence-electron chi connectivity index (χ1n) is 10.5. The van der Waals surface area contributed by atoms with Gasteiger partial charge in [-0.2, -0.15) is 0 Å². The zero-order chi connectivity index (χ0) is 20.7. The van der Waals surface area contributed by atoms with E-state index < -0.39 is 12.2 Å². The Labute approximate surface area is 175 Å². The monoisotopic (exact) mass is 410 g/mol. The molecule has 2 atom stereocenters. The highest BCUT2D eigenvalue weighted by Gasteiger charge is 2.46. The number of pyridine rings is 1. The molecule has 3 aliphatic rings. The van der Waals surface area contributed by atoms with Crippen molar-refractivity contribution in [2.75, 3.05) is 55.7 Å². The number of piperazine rings is 1. The first-order chi connectivity index (χ1) is 14.7. The van der Waals surface area contributed by atoms with Gasteiger partial charge in [0.2, 0.25) is 0 Å². The van der Waals surface area contributed by atoms with Crippen LogP contribution in [0.1, 0.15) is 6.92 Å². The number of hydrogen-bond acceptors (Lipinski definition) is 7. The van der Waals surface area contributed by atoms with Crippen LogP contribution in [-0.4, -0.2) is 79.2 Å². The molecule has 1 amide bonds. The summed E-state index contributed by atoms with van der Waals surface area (Å²) in [5, 5.41) is 9.43. The predicted octanol–water partition coefficient (Wildman–Crippen LogP) is 1.97. The number of aromatic nitrogens is 1. The molecule has 2 fully saturated rings. The van der Waals surface area contributed by atoms with E-state index in [1.807, 2.05) is 24.4 Å². The number of benzene rings is 1. The van der Waals surface area contributed by atoms with Crippen LogP contribution in [0.2, 0.25) is 0 Å². The van der Waals surface area contributed by atoms with Gasteiger partial charge < -0.3 is 24.4 Å². The van der Waals surface area contributed by atoms with E-state index >= 15 is 0 Å². The van der Waals surface area contributed by atoms with E-state index in [0.29, 0.717) is 18.0 Å². The van der Waals surface area contributed by atoms with Crippen LogP contribution in [0.4, 0.5) is 16.3 Å². The van der Waals surface area contributed by atoms with Gasteiger partial charge in [-0.1, -0.05) is 13.0 Å². The van der Waals surface area contributed by atoms with Crippen molar-refractivity contribution >= 4 is 17.6 Å². The molecule has 8 nitrogen and oxygen atoms in total. The fraction of sp³-hybridized carbons (Fsp3) is 0.455. The normalized spacial score (nSPS) is 23.6. The van der Waals surface area contributed by atoms with Crippen LogP contribution in [0.3, 0.4) is 0 Å². The summed E-state index contributed by atoms with van der Waals surface area (Å²) < 4.78 is 11.2. The van der Waals surface area contributed by atoms with E-state index in [9.17, 15) is 9.90 Å². The number of cyclic esters (lactones) is 1. The molecule has 0 unspecified atom stereocenters. The number of aliphatic hydroxyl groups is 1. The molecule has 8 heteroatoms. The highest BCUT2D eigenvalue weighted by molar-refractivity contribution is 5.94. The Kier molecular flexibility index (Phi) is 4.96. The summed E-state index contributed by atoms with van der Waals surface area (Å²) in [4.78, 5) is 23.3. The molecule has 1 N–H and O–H groups in total. The van der Waals surface area contributed by atoms with E-state index in [4.69, 9.17) is 9.47 Å². The number of carbonyl (C=O) groups excluding carboxylic acids is 1. The Hall–Kier alpha value is -2.84. The third-order valence-electron chi connectivity index (χ3n) is 6.24. The van der Waals surface area contributed by atoms with Gasteiger partial charge in [-0.3, -0.25) is 4.90 Å². The van der Waals surface area contributed by atoms with Crippen molar-refractivity contribution in [3.63, 3.8) is 0 Å². The average molecular weight is 410 g/mol. The molecule has 0 radical (unpaired) electrons. The first-order valence-corrected chi connectivity index (χ1v) is 10.5. The maximum atomic E-state index is 12.2. The molecule has 0 aliphatic carbocycles. The Bertz CT molecular complexity index is 927. The van der Waals surface area contributed by atoms with Crippen molar-refractivity contribution in [3.8, 4) is 16.9 Å². The SMILES string of the molecule is CCN1CCN(c2ccc(-c3ccc4c(c3)OC[C@H]3[C@H](CO)OC(=O)N43)cn2)CC1. The number of rotatable bonds is 4. The second-order valence-corrected chi connectivity index (χ2v) is 7.86. The minimum Gasteiger partial charge on any atom is -0.489 e. The van der Waals surface area contributed by atoms with E-state index in [1.54, 1.807) is 4.90 Å². The Morgan fingerprint density at radius 2 is 1.93 bits per heavy atom. The Morgan fingerprint density at radius 3 is 2.63 bits per heavy atom. The molecular formula is C22H26N4O4. The number of nitrogens with zero attached hydrogens (tertiary/aromatic N) is 4. The summed E-state index contributed by atoms with van der Waals surface area (Å²) in [6.07, 6.45) is 0.896. The number of hydrogen-bond donors (Lipinski definition) is 1. The Morgan fingerprint density at radius 1 is 1.13 bits per heavy atom. The van der Waals surface area contributed by atoms with E-state index in [-0.39, 0.29) is 12.6 Å². The third-order valence-corrected chi connectivity index (χ3v) is 6.24. The second kappa shape index (κ2) is 7.77. The number of likely N-dealkylation sites (N-methyl/N-ethyl adjacent to an activating group) is 1. The van der Waals surface area contributed by atoms with Crippen molar-refractivity contribution in [3.05, 3.63) is 36.5 Å². The molecule has 5 rings (SSSR count). The van der Waals surface area contributed by atoms with Crippen molar-refractivity contribution in [2.45, 2.75) is 19.1 Å². The number of carbonyl (C=O) groups is 1. The van der Waals surface area contributed by atoms with Gasteiger partial charge in [0.1, 0.15) is 24.2 Å². The number of anilines is 2. The average Bonchev–Trinajstić information content (AvgIpc) is 3.15. The van der Waals surface area contributed by atoms with E-state index in [1.165, 1.54) is 0 Å². The smallest absolute Gasteiger partial charge is 0.415 e.